The molecule has 23 heavy (non-hydrogen) atoms. The molecule has 0 N–H and O–H groups in total. The van der Waals surface area contributed by atoms with Crippen LogP contribution in [0.25, 0.3) is 0 Å². The first-order chi connectivity index (χ1) is 11.1. The fourth-order valence-electron chi connectivity index (χ4n) is 3.16. The third kappa shape index (κ3) is 3.75. The second kappa shape index (κ2) is 6.89. The maximum atomic E-state index is 12.5. The largest absolute Gasteiger partial charge is 0.342 e. The van der Waals surface area contributed by atoms with Gasteiger partial charge in [-0.15, -0.1) is 0 Å². The van der Waals surface area contributed by atoms with Crippen LogP contribution in [-0.2, 0) is 18.3 Å². The zero-order chi connectivity index (χ0) is 16.2. The summed E-state index contributed by atoms with van der Waals surface area (Å²) in [5, 5.41) is 4.14. The van der Waals surface area contributed by atoms with Crippen LogP contribution in [0.1, 0.15) is 42.3 Å². The molecular formula is C17H23N5O. The summed E-state index contributed by atoms with van der Waals surface area (Å²) in [6, 6.07) is 1.97. The SMILES string of the molecule is Cc1cncc([C@H]2CCCN(C(=O)CCc3ccnn3C)C2)n1. The molecule has 0 saturated carbocycles. The highest BCUT2D eigenvalue weighted by Gasteiger charge is 2.25. The second-order valence-electron chi connectivity index (χ2n) is 6.21. The Bertz CT molecular complexity index is 681. The van der Waals surface area contributed by atoms with Crippen LogP contribution in [0, 0.1) is 6.92 Å². The number of aromatic nitrogens is 4. The van der Waals surface area contributed by atoms with Crippen molar-refractivity contribution in [3.63, 3.8) is 0 Å². The monoisotopic (exact) mass is 313 g/mol. The molecule has 1 atom stereocenters. The van der Waals surface area contributed by atoms with Crippen LogP contribution in [0.3, 0.4) is 0 Å². The molecule has 1 amide bonds. The number of piperidine rings is 1. The highest BCUT2D eigenvalue weighted by atomic mass is 16.2. The van der Waals surface area contributed by atoms with Gasteiger partial charge in [-0.25, -0.2) is 0 Å². The van der Waals surface area contributed by atoms with Gasteiger partial charge >= 0.3 is 0 Å². The quantitative estimate of drug-likeness (QED) is 0.864. The minimum Gasteiger partial charge on any atom is -0.342 e. The van der Waals surface area contributed by atoms with E-state index in [-0.39, 0.29) is 5.91 Å². The average Bonchev–Trinajstić information content (AvgIpc) is 2.98. The summed E-state index contributed by atoms with van der Waals surface area (Å²) >= 11 is 0. The van der Waals surface area contributed by atoms with Crippen molar-refractivity contribution in [3.8, 4) is 0 Å². The lowest BCUT2D eigenvalue weighted by atomic mass is 9.94. The Morgan fingerprint density at radius 1 is 1.39 bits per heavy atom. The minimum atomic E-state index is 0.219. The molecule has 6 nitrogen and oxygen atoms in total. The number of aryl methyl sites for hydroxylation is 3. The van der Waals surface area contributed by atoms with Gasteiger partial charge in [-0.3, -0.25) is 19.4 Å². The minimum absolute atomic E-state index is 0.219. The Morgan fingerprint density at radius 3 is 3.00 bits per heavy atom. The molecule has 0 aliphatic carbocycles. The second-order valence-corrected chi connectivity index (χ2v) is 6.21. The lowest BCUT2D eigenvalue weighted by Crippen LogP contribution is -2.39. The predicted octanol–water partition coefficient (Wildman–Crippen LogP) is 1.86. The number of carbonyl (C=O) groups excluding carboxylic acids is 1. The molecule has 0 radical (unpaired) electrons. The number of hydrogen-bond donors (Lipinski definition) is 0. The number of nitrogens with zero attached hydrogens (tertiary/aromatic N) is 5. The van der Waals surface area contributed by atoms with Crippen molar-refractivity contribution in [2.24, 2.45) is 7.05 Å². The fraction of sp³-hybridized carbons (Fsp3) is 0.529. The normalized spacial score (nSPS) is 18.2. The third-order valence-corrected chi connectivity index (χ3v) is 4.48. The number of amides is 1. The summed E-state index contributed by atoms with van der Waals surface area (Å²) in [6.45, 7) is 3.55. The molecule has 0 aromatic carbocycles. The molecular weight excluding hydrogens is 290 g/mol. The van der Waals surface area contributed by atoms with Crippen molar-refractivity contribution in [2.75, 3.05) is 13.1 Å². The number of rotatable bonds is 4. The molecule has 2 aromatic heterocycles. The maximum absolute atomic E-state index is 12.5. The van der Waals surface area contributed by atoms with Gasteiger partial charge in [0.25, 0.3) is 0 Å². The maximum Gasteiger partial charge on any atom is 0.222 e. The molecule has 3 heterocycles. The van der Waals surface area contributed by atoms with E-state index >= 15 is 0 Å². The van der Waals surface area contributed by atoms with E-state index in [9.17, 15) is 4.79 Å². The fourth-order valence-corrected chi connectivity index (χ4v) is 3.16. The van der Waals surface area contributed by atoms with Crippen LogP contribution in [0.5, 0.6) is 0 Å². The van der Waals surface area contributed by atoms with Gasteiger partial charge in [0, 0.05) is 56.8 Å². The van der Waals surface area contributed by atoms with Gasteiger partial charge in [-0.1, -0.05) is 0 Å². The molecule has 0 unspecified atom stereocenters. The highest BCUT2D eigenvalue weighted by Crippen LogP contribution is 2.25. The highest BCUT2D eigenvalue weighted by molar-refractivity contribution is 5.76. The van der Waals surface area contributed by atoms with E-state index in [0.717, 1.165) is 49.4 Å². The van der Waals surface area contributed by atoms with Gasteiger partial charge in [0.05, 0.1) is 11.4 Å². The molecule has 1 aliphatic heterocycles. The van der Waals surface area contributed by atoms with Crippen LogP contribution in [0.2, 0.25) is 0 Å². The molecule has 122 valence electrons. The van der Waals surface area contributed by atoms with Crippen molar-refractivity contribution in [1.82, 2.24) is 24.6 Å². The van der Waals surface area contributed by atoms with Crippen LogP contribution < -0.4 is 0 Å². The third-order valence-electron chi connectivity index (χ3n) is 4.48. The lowest BCUT2D eigenvalue weighted by Gasteiger charge is -2.32. The molecule has 2 aromatic rings. The zero-order valence-electron chi connectivity index (χ0n) is 13.8. The summed E-state index contributed by atoms with van der Waals surface area (Å²) in [5.74, 6) is 0.522. The van der Waals surface area contributed by atoms with Gasteiger partial charge in [0.15, 0.2) is 0 Å². The Morgan fingerprint density at radius 2 is 2.26 bits per heavy atom. The Labute approximate surface area is 136 Å². The number of hydrogen-bond acceptors (Lipinski definition) is 4. The van der Waals surface area contributed by atoms with E-state index in [4.69, 9.17) is 0 Å². The molecule has 3 rings (SSSR count). The first-order valence-electron chi connectivity index (χ1n) is 8.16. The number of likely N-dealkylation sites (tertiary alicyclic amines) is 1. The summed E-state index contributed by atoms with van der Waals surface area (Å²) < 4.78 is 1.83. The zero-order valence-corrected chi connectivity index (χ0v) is 13.8. The molecule has 1 aliphatic rings. The molecule has 6 heteroatoms. The smallest absolute Gasteiger partial charge is 0.222 e. The lowest BCUT2D eigenvalue weighted by molar-refractivity contribution is -0.132. The van der Waals surface area contributed by atoms with E-state index in [1.165, 1.54) is 0 Å². The Kier molecular flexibility index (Phi) is 4.69. The Balaban J connectivity index is 1.59. The molecule has 1 saturated heterocycles. The number of carbonyl (C=O) groups is 1. The van der Waals surface area contributed by atoms with Crippen molar-refractivity contribution < 1.29 is 4.79 Å². The van der Waals surface area contributed by atoms with Crippen molar-refractivity contribution in [3.05, 3.63) is 41.7 Å². The van der Waals surface area contributed by atoms with Gasteiger partial charge < -0.3 is 4.90 Å². The first kappa shape index (κ1) is 15.6. The van der Waals surface area contributed by atoms with Crippen molar-refractivity contribution in [1.29, 1.82) is 0 Å². The van der Waals surface area contributed by atoms with E-state index in [1.807, 2.05) is 35.8 Å². The summed E-state index contributed by atoms with van der Waals surface area (Å²) in [4.78, 5) is 23.3. The van der Waals surface area contributed by atoms with Crippen LogP contribution in [0.15, 0.2) is 24.7 Å². The predicted molar refractivity (Wildman–Crippen MR) is 86.9 cm³/mol. The Hall–Kier alpha value is -2.24. The van der Waals surface area contributed by atoms with Crippen molar-refractivity contribution in [2.45, 2.75) is 38.5 Å². The average molecular weight is 313 g/mol. The summed E-state index contributed by atoms with van der Waals surface area (Å²) in [6.07, 6.45) is 8.74. The molecule has 0 bridgehead atoms. The van der Waals surface area contributed by atoms with Gasteiger partial charge in [0.2, 0.25) is 5.91 Å². The van der Waals surface area contributed by atoms with E-state index in [2.05, 4.69) is 15.1 Å². The summed E-state index contributed by atoms with van der Waals surface area (Å²) in [5.41, 5.74) is 3.03. The molecule has 1 fully saturated rings. The van der Waals surface area contributed by atoms with E-state index in [1.54, 1.807) is 12.4 Å². The van der Waals surface area contributed by atoms with E-state index < -0.39 is 0 Å². The van der Waals surface area contributed by atoms with Gasteiger partial charge in [-0.2, -0.15) is 5.10 Å². The van der Waals surface area contributed by atoms with Gasteiger partial charge in [0.1, 0.15) is 0 Å². The first-order valence-corrected chi connectivity index (χ1v) is 8.16. The van der Waals surface area contributed by atoms with Crippen LogP contribution in [-0.4, -0.2) is 43.6 Å². The van der Waals surface area contributed by atoms with E-state index in [0.29, 0.717) is 12.3 Å². The topological polar surface area (TPSA) is 63.9 Å². The van der Waals surface area contributed by atoms with Crippen LogP contribution in [0.4, 0.5) is 0 Å². The standard InChI is InChI=1S/C17H23N5O/c1-13-10-18-11-16(20-13)14-4-3-9-22(12-14)17(23)6-5-15-7-8-19-21(15)2/h7-8,10-11,14H,3-6,9,12H2,1-2H3/t14-/m0/s1. The van der Waals surface area contributed by atoms with Crippen LogP contribution >= 0.6 is 0 Å². The molecule has 0 spiro atoms. The van der Waals surface area contributed by atoms with Gasteiger partial charge in [-0.05, 0) is 32.3 Å². The van der Waals surface area contributed by atoms with Crippen molar-refractivity contribution >= 4 is 5.91 Å². The summed E-state index contributed by atoms with van der Waals surface area (Å²) in [7, 11) is 1.91.